The van der Waals surface area contributed by atoms with E-state index in [1.54, 1.807) is 36.6 Å². The first-order chi connectivity index (χ1) is 24.3. The van der Waals surface area contributed by atoms with E-state index in [-0.39, 0.29) is 17.4 Å². The number of carbonyl (C=O) groups excluding carboxylic acids is 2. The van der Waals surface area contributed by atoms with Gasteiger partial charge in [0.1, 0.15) is 22.7 Å². The standard InChI is InChI=1S/C30H30N4O3S.C9H5ClO2/c1-4-34(5-2)14-8-10-21-17-32-29(31)27-22(18-38-28(21)27)19-12-13-23(25(15-19)36-3)33-30(35)26-16-20-9-6-7-11-24(20)37-26;10-9(11)8-5-6-3-1-2-4-7(6)12-8/h6-13,15-18H,4-5,14H2,1-3H3,(H2,31,32)(H,33,35);1-5H/b10-8+;. The van der Waals surface area contributed by atoms with E-state index in [9.17, 15) is 9.59 Å². The van der Waals surface area contributed by atoms with Crippen LogP contribution in [0.15, 0.2) is 105 Å². The summed E-state index contributed by atoms with van der Waals surface area (Å²) in [7, 11) is 1.58. The number of nitrogens with one attached hydrogen (secondary N) is 1. The van der Waals surface area contributed by atoms with Crippen molar-refractivity contribution in [2.24, 2.45) is 0 Å². The van der Waals surface area contributed by atoms with Crippen LogP contribution in [-0.2, 0) is 0 Å². The third kappa shape index (κ3) is 7.42. The number of benzene rings is 3. The van der Waals surface area contributed by atoms with Gasteiger partial charge < -0.3 is 29.5 Å². The van der Waals surface area contributed by atoms with Crippen molar-refractivity contribution >= 4 is 83.7 Å². The Bertz CT molecular complexity index is 2270. The lowest BCUT2D eigenvalue weighted by atomic mass is 10.0. The van der Waals surface area contributed by atoms with Gasteiger partial charge in [0, 0.05) is 44.7 Å². The SMILES string of the molecule is CCN(CC)C/C=C/c1cnc(N)c2c(-c3ccc(NC(=O)c4cc5ccccc5o4)c(OC)c3)csc12.O=C(Cl)c1cc2ccccc2o1. The van der Waals surface area contributed by atoms with Crippen molar-refractivity contribution in [2.45, 2.75) is 13.8 Å². The second kappa shape index (κ2) is 15.4. The highest BCUT2D eigenvalue weighted by molar-refractivity contribution is 7.18. The molecule has 50 heavy (non-hydrogen) atoms. The Kier molecular flexibility index (Phi) is 10.6. The minimum Gasteiger partial charge on any atom is -0.495 e. The molecule has 254 valence electrons. The van der Waals surface area contributed by atoms with Crippen LogP contribution in [0.3, 0.4) is 0 Å². The van der Waals surface area contributed by atoms with Crippen molar-refractivity contribution in [3.63, 3.8) is 0 Å². The van der Waals surface area contributed by atoms with Crippen molar-refractivity contribution < 1.29 is 23.2 Å². The molecule has 0 aliphatic rings. The maximum Gasteiger partial charge on any atom is 0.291 e. The third-order valence-corrected chi connectivity index (χ3v) is 9.45. The summed E-state index contributed by atoms with van der Waals surface area (Å²) in [5.74, 6) is 1.11. The molecule has 0 bridgehead atoms. The normalized spacial score (nSPS) is 11.4. The lowest BCUT2D eigenvalue weighted by Gasteiger charge is -2.14. The van der Waals surface area contributed by atoms with Crippen LogP contribution in [0, 0.1) is 0 Å². The van der Waals surface area contributed by atoms with E-state index in [0.29, 0.717) is 28.4 Å². The van der Waals surface area contributed by atoms with E-state index in [0.717, 1.165) is 57.2 Å². The number of anilines is 2. The van der Waals surface area contributed by atoms with E-state index < -0.39 is 5.24 Å². The summed E-state index contributed by atoms with van der Waals surface area (Å²) < 4.78 is 17.6. The molecular weight excluding hydrogens is 672 g/mol. The number of pyridine rings is 1. The fraction of sp³-hybridized carbons (Fsp3) is 0.154. The number of nitrogen functional groups attached to an aromatic ring is 1. The molecule has 0 fully saturated rings. The molecule has 7 rings (SSSR count). The average molecular weight is 707 g/mol. The fourth-order valence-electron chi connectivity index (χ4n) is 5.55. The Morgan fingerprint density at radius 3 is 2.26 bits per heavy atom. The monoisotopic (exact) mass is 706 g/mol. The van der Waals surface area contributed by atoms with Gasteiger partial charge >= 0.3 is 0 Å². The molecule has 1 amide bonds. The number of nitrogens with two attached hydrogens (primary N) is 1. The Hall–Kier alpha value is -5.42. The Morgan fingerprint density at radius 1 is 0.960 bits per heavy atom. The van der Waals surface area contributed by atoms with Crippen LogP contribution in [0.25, 0.3) is 49.2 Å². The number of fused-ring (bicyclic) bond motifs is 3. The summed E-state index contributed by atoms with van der Waals surface area (Å²) in [6, 6.07) is 23.9. The second-order valence-electron chi connectivity index (χ2n) is 11.3. The predicted octanol–water partition coefficient (Wildman–Crippen LogP) is 9.72. The van der Waals surface area contributed by atoms with Crippen molar-refractivity contribution in [3.05, 3.63) is 114 Å². The maximum atomic E-state index is 12.9. The number of para-hydroxylation sites is 2. The average Bonchev–Trinajstić information content (AvgIpc) is 3.89. The summed E-state index contributed by atoms with van der Waals surface area (Å²) in [5.41, 5.74) is 11.2. The summed E-state index contributed by atoms with van der Waals surface area (Å²) in [5, 5.41) is 7.11. The van der Waals surface area contributed by atoms with Gasteiger partial charge in [0.05, 0.1) is 12.8 Å². The molecule has 0 unspecified atom stereocenters. The smallest absolute Gasteiger partial charge is 0.291 e. The van der Waals surface area contributed by atoms with Crippen molar-refractivity contribution in [1.29, 1.82) is 0 Å². The van der Waals surface area contributed by atoms with Crippen molar-refractivity contribution in [1.82, 2.24) is 9.88 Å². The van der Waals surface area contributed by atoms with Crippen LogP contribution in [0.1, 0.15) is 40.5 Å². The minimum atomic E-state index is -0.564. The van der Waals surface area contributed by atoms with E-state index in [2.05, 4.69) is 46.6 Å². The molecule has 4 heterocycles. The first-order valence-electron chi connectivity index (χ1n) is 16.0. The lowest BCUT2D eigenvalue weighted by molar-refractivity contribution is 0.0997. The Morgan fingerprint density at radius 2 is 1.62 bits per heavy atom. The molecule has 3 aromatic carbocycles. The molecule has 0 saturated carbocycles. The molecule has 0 atom stereocenters. The molecule has 11 heteroatoms. The topological polar surface area (TPSA) is 124 Å². The number of ether oxygens (including phenoxy) is 1. The number of likely N-dealkylation sites (N-methyl/N-ethyl adjacent to an activating group) is 1. The first-order valence-corrected chi connectivity index (χ1v) is 17.3. The van der Waals surface area contributed by atoms with Crippen molar-refractivity contribution in [3.8, 4) is 16.9 Å². The number of amides is 1. The molecule has 0 aliphatic heterocycles. The zero-order chi connectivity index (χ0) is 35.2. The summed E-state index contributed by atoms with van der Waals surface area (Å²) in [6.45, 7) is 7.23. The molecule has 3 N–H and O–H groups in total. The Labute approximate surface area is 297 Å². The number of thiophene rings is 1. The molecular formula is C39H35ClN4O5S. The van der Waals surface area contributed by atoms with Crippen LogP contribution in [-0.4, -0.2) is 47.8 Å². The molecule has 4 aromatic heterocycles. The number of carbonyl (C=O) groups is 2. The maximum absolute atomic E-state index is 12.9. The molecule has 9 nitrogen and oxygen atoms in total. The summed E-state index contributed by atoms with van der Waals surface area (Å²) in [4.78, 5) is 30.4. The van der Waals surface area contributed by atoms with Gasteiger partial charge in [-0.25, -0.2) is 4.98 Å². The highest BCUT2D eigenvalue weighted by Gasteiger charge is 2.18. The highest BCUT2D eigenvalue weighted by atomic mass is 35.5. The largest absolute Gasteiger partial charge is 0.495 e. The first kappa shape index (κ1) is 34.4. The predicted molar refractivity (Wildman–Crippen MR) is 203 cm³/mol. The van der Waals surface area contributed by atoms with Crippen LogP contribution in [0.2, 0.25) is 0 Å². The third-order valence-electron chi connectivity index (χ3n) is 8.24. The van der Waals surface area contributed by atoms with Gasteiger partial charge in [-0.15, -0.1) is 11.3 Å². The van der Waals surface area contributed by atoms with Crippen LogP contribution < -0.4 is 15.8 Å². The lowest BCUT2D eigenvalue weighted by Crippen LogP contribution is -2.22. The zero-order valence-electron chi connectivity index (χ0n) is 27.7. The van der Waals surface area contributed by atoms with Gasteiger partial charge in [-0.1, -0.05) is 68.5 Å². The number of furan rings is 2. The van der Waals surface area contributed by atoms with Gasteiger partial charge in [0.25, 0.3) is 11.1 Å². The molecule has 7 aromatic rings. The fourth-order valence-corrected chi connectivity index (χ4v) is 6.72. The number of methoxy groups -OCH3 is 1. The number of aromatic nitrogens is 1. The van der Waals surface area contributed by atoms with E-state index in [4.69, 9.17) is 30.9 Å². The number of rotatable bonds is 10. The van der Waals surface area contributed by atoms with Crippen LogP contribution in [0.5, 0.6) is 5.75 Å². The van der Waals surface area contributed by atoms with Gasteiger partial charge in [0.15, 0.2) is 11.5 Å². The summed E-state index contributed by atoms with van der Waals surface area (Å²) >= 11 is 6.88. The van der Waals surface area contributed by atoms with E-state index in [1.165, 1.54) is 0 Å². The number of hydrogen-bond acceptors (Lipinski definition) is 9. The van der Waals surface area contributed by atoms with Gasteiger partial charge in [-0.05, 0) is 72.0 Å². The van der Waals surface area contributed by atoms with Crippen LogP contribution in [0.4, 0.5) is 11.5 Å². The quantitative estimate of drug-likeness (QED) is 0.135. The number of halogens is 1. The molecule has 0 radical (unpaired) electrons. The number of hydrogen-bond donors (Lipinski definition) is 2. The van der Waals surface area contributed by atoms with Gasteiger partial charge in [-0.3, -0.25) is 9.59 Å². The molecule has 0 saturated heterocycles. The Balaban J connectivity index is 0.000000302. The second-order valence-corrected chi connectivity index (χ2v) is 12.5. The minimum absolute atomic E-state index is 0.192. The zero-order valence-corrected chi connectivity index (χ0v) is 29.3. The van der Waals surface area contributed by atoms with Gasteiger partial charge in [0.2, 0.25) is 0 Å². The summed E-state index contributed by atoms with van der Waals surface area (Å²) in [6.07, 6.45) is 6.11. The van der Waals surface area contributed by atoms with E-state index >= 15 is 0 Å². The molecule has 0 aliphatic carbocycles. The van der Waals surface area contributed by atoms with E-state index in [1.807, 2.05) is 66.9 Å². The van der Waals surface area contributed by atoms with Gasteiger partial charge in [-0.2, -0.15) is 0 Å². The molecule has 0 spiro atoms. The van der Waals surface area contributed by atoms with Crippen LogP contribution >= 0.6 is 22.9 Å². The van der Waals surface area contributed by atoms with Crippen molar-refractivity contribution in [2.75, 3.05) is 37.8 Å². The highest BCUT2D eigenvalue weighted by Crippen LogP contribution is 2.41. The number of nitrogens with zero attached hydrogens (tertiary/aromatic N) is 2.